The zero-order chi connectivity index (χ0) is 14.1. The molecule has 0 amide bonds. The third-order valence-corrected chi connectivity index (χ3v) is 3.50. The van der Waals surface area contributed by atoms with Crippen LogP contribution in [0.3, 0.4) is 0 Å². The number of hydrogen-bond acceptors (Lipinski definition) is 5. The summed E-state index contributed by atoms with van der Waals surface area (Å²) in [6, 6.07) is 12.0. The second-order valence-electron chi connectivity index (χ2n) is 5.24. The van der Waals surface area contributed by atoms with Crippen molar-refractivity contribution in [3.8, 4) is 23.1 Å². The number of aromatic nitrogens is 1. The molecule has 1 aliphatic heterocycles. The van der Waals surface area contributed by atoms with Gasteiger partial charge < -0.3 is 19.5 Å². The van der Waals surface area contributed by atoms with E-state index in [2.05, 4.69) is 10.3 Å². The Morgan fingerprint density at radius 1 is 1.14 bits per heavy atom. The molecular weight excluding hydrogens is 268 g/mol. The molecule has 1 aliphatic carbocycles. The second kappa shape index (κ2) is 5.26. The van der Waals surface area contributed by atoms with Gasteiger partial charge in [0.2, 0.25) is 12.7 Å². The molecule has 2 aromatic rings. The molecule has 0 bridgehead atoms. The molecule has 1 N–H and O–H groups in total. The molecule has 1 fully saturated rings. The van der Waals surface area contributed by atoms with Crippen molar-refractivity contribution in [1.82, 2.24) is 10.3 Å². The van der Waals surface area contributed by atoms with Gasteiger partial charge in [-0.2, -0.15) is 0 Å². The first-order valence-corrected chi connectivity index (χ1v) is 7.14. The monoisotopic (exact) mass is 284 g/mol. The minimum Gasteiger partial charge on any atom is -0.454 e. The number of fused-ring (bicyclic) bond motifs is 1. The lowest BCUT2D eigenvalue weighted by Gasteiger charge is -2.08. The molecule has 2 heterocycles. The minimum absolute atomic E-state index is 0.263. The van der Waals surface area contributed by atoms with Gasteiger partial charge in [-0.05, 0) is 31.0 Å². The Morgan fingerprint density at radius 2 is 2.05 bits per heavy atom. The van der Waals surface area contributed by atoms with Crippen molar-refractivity contribution in [2.75, 3.05) is 6.79 Å². The average Bonchev–Trinajstić information content (AvgIpc) is 3.22. The van der Waals surface area contributed by atoms with E-state index in [1.165, 1.54) is 12.8 Å². The fraction of sp³-hybridized carbons (Fsp3) is 0.312. The van der Waals surface area contributed by atoms with E-state index in [1.807, 2.05) is 36.4 Å². The van der Waals surface area contributed by atoms with E-state index in [4.69, 9.17) is 14.2 Å². The van der Waals surface area contributed by atoms with Crippen LogP contribution in [0.25, 0.3) is 0 Å². The van der Waals surface area contributed by atoms with Crippen molar-refractivity contribution in [2.45, 2.75) is 25.4 Å². The summed E-state index contributed by atoms with van der Waals surface area (Å²) in [4.78, 5) is 4.50. The van der Waals surface area contributed by atoms with Crippen molar-refractivity contribution < 1.29 is 14.2 Å². The summed E-state index contributed by atoms with van der Waals surface area (Å²) in [5, 5.41) is 3.44. The van der Waals surface area contributed by atoms with E-state index < -0.39 is 0 Å². The molecule has 0 spiro atoms. The first kappa shape index (κ1) is 12.5. The van der Waals surface area contributed by atoms with Gasteiger partial charge in [-0.1, -0.05) is 6.07 Å². The molecule has 4 rings (SSSR count). The van der Waals surface area contributed by atoms with Gasteiger partial charge in [0.1, 0.15) is 5.75 Å². The highest BCUT2D eigenvalue weighted by molar-refractivity contribution is 5.47. The summed E-state index contributed by atoms with van der Waals surface area (Å²) in [7, 11) is 0. The molecule has 5 nitrogen and oxygen atoms in total. The van der Waals surface area contributed by atoms with Crippen LogP contribution >= 0.6 is 0 Å². The number of nitrogens with zero attached hydrogens (tertiary/aromatic N) is 1. The van der Waals surface area contributed by atoms with Crippen molar-refractivity contribution in [1.29, 1.82) is 0 Å². The standard InChI is InChI=1S/C16H16N2O3/c1-2-12(9-17-11-4-5-11)18-16(3-1)21-13-6-7-14-15(8-13)20-10-19-14/h1-3,6-8,11,17H,4-5,9-10H2. The number of rotatable bonds is 5. The van der Waals surface area contributed by atoms with Crippen LogP contribution in [0.1, 0.15) is 18.5 Å². The Bertz CT molecular complexity index is 656. The number of ether oxygens (including phenoxy) is 3. The van der Waals surface area contributed by atoms with Crippen LogP contribution in [0.15, 0.2) is 36.4 Å². The van der Waals surface area contributed by atoms with E-state index in [0.717, 1.165) is 18.0 Å². The highest BCUT2D eigenvalue weighted by Crippen LogP contribution is 2.36. The van der Waals surface area contributed by atoms with Crippen LogP contribution in [0, 0.1) is 0 Å². The van der Waals surface area contributed by atoms with Crippen LogP contribution in [0.4, 0.5) is 0 Å². The third kappa shape index (κ3) is 2.92. The fourth-order valence-corrected chi connectivity index (χ4v) is 2.21. The van der Waals surface area contributed by atoms with Gasteiger partial charge >= 0.3 is 0 Å². The quantitative estimate of drug-likeness (QED) is 0.915. The van der Waals surface area contributed by atoms with Crippen LogP contribution in [-0.4, -0.2) is 17.8 Å². The zero-order valence-electron chi connectivity index (χ0n) is 11.5. The molecule has 1 saturated carbocycles. The van der Waals surface area contributed by atoms with Gasteiger partial charge in [-0.15, -0.1) is 0 Å². The highest BCUT2D eigenvalue weighted by atomic mass is 16.7. The summed E-state index contributed by atoms with van der Waals surface area (Å²) < 4.78 is 16.4. The number of nitrogens with one attached hydrogen (secondary N) is 1. The van der Waals surface area contributed by atoms with Crippen molar-refractivity contribution in [2.24, 2.45) is 0 Å². The van der Waals surface area contributed by atoms with Crippen LogP contribution in [0.5, 0.6) is 23.1 Å². The van der Waals surface area contributed by atoms with Gasteiger partial charge in [0, 0.05) is 24.7 Å². The Morgan fingerprint density at radius 3 is 2.95 bits per heavy atom. The lowest BCUT2D eigenvalue weighted by atomic mass is 10.3. The van der Waals surface area contributed by atoms with Crippen molar-refractivity contribution >= 4 is 0 Å². The Kier molecular flexibility index (Phi) is 3.12. The second-order valence-corrected chi connectivity index (χ2v) is 5.24. The maximum atomic E-state index is 5.79. The summed E-state index contributed by atoms with van der Waals surface area (Å²) in [5.74, 6) is 2.74. The first-order chi connectivity index (χ1) is 10.4. The largest absolute Gasteiger partial charge is 0.454 e. The van der Waals surface area contributed by atoms with E-state index in [-0.39, 0.29) is 6.79 Å². The number of benzene rings is 1. The summed E-state index contributed by atoms with van der Waals surface area (Å²) in [6.07, 6.45) is 2.54. The Labute approximate surface area is 122 Å². The minimum atomic E-state index is 0.263. The van der Waals surface area contributed by atoms with Crippen LogP contribution in [0.2, 0.25) is 0 Å². The van der Waals surface area contributed by atoms with Gasteiger partial charge in [0.05, 0.1) is 5.69 Å². The molecule has 2 aliphatic rings. The molecule has 1 aromatic heterocycles. The zero-order valence-corrected chi connectivity index (χ0v) is 11.5. The van der Waals surface area contributed by atoms with Crippen molar-refractivity contribution in [3.63, 3.8) is 0 Å². The molecule has 0 atom stereocenters. The van der Waals surface area contributed by atoms with E-state index in [0.29, 0.717) is 23.4 Å². The Hall–Kier alpha value is -2.27. The molecule has 21 heavy (non-hydrogen) atoms. The van der Waals surface area contributed by atoms with Crippen LogP contribution in [-0.2, 0) is 6.54 Å². The van der Waals surface area contributed by atoms with Gasteiger partial charge in [-0.3, -0.25) is 0 Å². The molecule has 0 saturated heterocycles. The smallest absolute Gasteiger partial charge is 0.231 e. The predicted molar refractivity (Wildman–Crippen MR) is 76.7 cm³/mol. The SMILES string of the molecule is c1cc(CNC2CC2)nc(Oc2ccc3c(c2)OCO3)c1. The first-order valence-electron chi connectivity index (χ1n) is 7.14. The molecule has 5 heteroatoms. The topological polar surface area (TPSA) is 52.6 Å². The number of pyridine rings is 1. The average molecular weight is 284 g/mol. The van der Waals surface area contributed by atoms with E-state index >= 15 is 0 Å². The fourth-order valence-electron chi connectivity index (χ4n) is 2.21. The maximum Gasteiger partial charge on any atom is 0.231 e. The lowest BCUT2D eigenvalue weighted by molar-refractivity contribution is 0.174. The lowest BCUT2D eigenvalue weighted by Crippen LogP contribution is -2.16. The molecular formula is C16H16N2O3. The van der Waals surface area contributed by atoms with Gasteiger partial charge in [0.25, 0.3) is 0 Å². The highest BCUT2D eigenvalue weighted by Gasteiger charge is 2.20. The van der Waals surface area contributed by atoms with Gasteiger partial charge in [0.15, 0.2) is 11.5 Å². The van der Waals surface area contributed by atoms with E-state index in [1.54, 1.807) is 0 Å². The molecule has 0 unspecified atom stereocenters. The molecule has 108 valence electrons. The normalized spacial score (nSPS) is 16.0. The van der Waals surface area contributed by atoms with E-state index in [9.17, 15) is 0 Å². The maximum absolute atomic E-state index is 5.79. The summed E-state index contributed by atoms with van der Waals surface area (Å²) >= 11 is 0. The summed E-state index contributed by atoms with van der Waals surface area (Å²) in [5.41, 5.74) is 0.986. The Balaban J connectivity index is 1.47. The molecule has 0 radical (unpaired) electrons. The molecule has 1 aromatic carbocycles. The van der Waals surface area contributed by atoms with Crippen LogP contribution < -0.4 is 19.5 Å². The van der Waals surface area contributed by atoms with Gasteiger partial charge in [-0.25, -0.2) is 4.98 Å². The van der Waals surface area contributed by atoms with Crippen molar-refractivity contribution in [3.05, 3.63) is 42.1 Å². The predicted octanol–water partition coefficient (Wildman–Crippen LogP) is 2.85. The third-order valence-electron chi connectivity index (χ3n) is 3.50. The number of hydrogen-bond donors (Lipinski definition) is 1. The summed E-state index contributed by atoms with van der Waals surface area (Å²) in [6.45, 7) is 1.04.